The van der Waals surface area contributed by atoms with Crippen LogP contribution in [-0.2, 0) is 0 Å². The first-order valence-corrected chi connectivity index (χ1v) is 21.3. The summed E-state index contributed by atoms with van der Waals surface area (Å²) >= 11 is 0. The SMILES string of the molecule is c1ccc(-c2c(-c3ccccc3)c3cc(-c4cccc(N(c5ccccc5)c5ccc6c(c5)c5ccccc5n6-c5cccc6ccccc56)c4)ccc3c3ccccc23)cc1. The Bertz CT molecular complexity index is 3620. The maximum absolute atomic E-state index is 2.43. The van der Waals surface area contributed by atoms with E-state index >= 15 is 0 Å². The lowest BCUT2D eigenvalue weighted by molar-refractivity contribution is 1.20. The molecule has 0 atom stereocenters. The molecule has 1 aromatic heterocycles. The summed E-state index contributed by atoms with van der Waals surface area (Å²) < 4.78 is 2.43. The number of hydrogen-bond acceptors (Lipinski definition) is 1. The largest absolute Gasteiger partial charge is 0.310 e. The van der Waals surface area contributed by atoms with Crippen LogP contribution in [0.1, 0.15) is 0 Å². The van der Waals surface area contributed by atoms with Gasteiger partial charge in [-0.15, -0.1) is 0 Å². The fourth-order valence-electron chi connectivity index (χ4n) is 9.79. The van der Waals surface area contributed by atoms with Gasteiger partial charge in [0.05, 0.1) is 16.7 Å². The minimum atomic E-state index is 1.10. The van der Waals surface area contributed by atoms with Gasteiger partial charge in [0.2, 0.25) is 0 Å². The number of hydrogen-bond donors (Lipinski definition) is 0. The summed E-state index contributed by atoms with van der Waals surface area (Å²) in [5.41, 5.74) is 14.1. The molecule has 12 aromatic rings. The summed E-state index contributed by atoms with van der Waals surface area (Å²) in [6.45, 7) is 0. The molecule has 0 aliphatic carbocycles. The molecule has 62 heavy (non-hydrogen) atoms. The van der Waals surface area contributed by atoms with Crippen LogP contribution in [0, 0.1) is 0 Å². The summed E-state index contributed by atoms with van der Waals surface area (Å²) in [4.78, 5) is 2.39. The number of benzene rings is 11. The van der Waals surface area contributed by atoms with Crippen molar-refractivity contribution < 1.29 is 0 Å². The third-order valence-electron chi connectivity index (χ3n) is 12.5. The third-order valence-corrected chi connectivity index (χ3v) is 12.5. The topological polar surface area (TPSA) is 8.17 Å². The number of rotatable bonds is 7. The lowest BCUT2D eigenvalue weighted by Gasteiger charge is -2.26. The third kappa shape index (κ3) is 5.88. The van der Waals surface area contributed by atoms with Crippen molar-refractivity contribution in [2.24, 2.45) is 0 Å². The Morgan fingerprint density at radius 2 is 0.774 bits per heavy atom. The summed E-state index contributed by atoms with van der Waals surface area (Å²) in [6, 6.07) is 88.5. The van der Waals surface area contributed by atoms with Crippen LogP contribution in [0.5, 0.6) is 0 Å². The molecule has 0 spiro atoms. The van der Waals surface area contributed by atoms with Gasteiger partial charge in [0.1, 0.15) is 0 Å². The van der Waals surface area contributed by atoms with E-state index in [-0.39, 0.29) is 0 Å². The number of nitrogens with zero attached hydrogens (tertiary/aromatic N) is 2. The van der Waals surface area contributed by atoms with Gasteiger partial charge in [-0.25, -0.2) is 0 Å². The fraction of sp³-hybridized carbons (Fsp3) is 0. The van der Waals surface area contributed by atoms with Crippen LogP contribution >= 0.6 is 0 Å². The van der Waals surface area contributed by atoms with E-state index in [9.17, 15) is 0 Å². The van der Waals surface area contributed by atoms with Crippen LogP contribution in [0.25, 0.3) is 93.2 Å². The molecule has 290 valence electrons. The zero-order chi connectivity index (χ0) is 41.0. The normalized spacial score (nSPS) is 11.5. The highest BCUT2D eigenvalue weighted by atomic mass is 15.1. The number of anilines is 3. The quantitative estimate of drug-likeness (QED) is 0.146. The standard InChI is InChI=1S/C60H40N2/c1-4-19-42(20-5-1)59-53-31-13-12-29-50(53)51-36-34-45(39-55(51)60(59)43-21-6-2-7-22-43)44-24-16-27-47(38-44)61(46-25-8-3-9-26-46)48-35-37-58-54(40-48)52-30-14-15-32-57(52)62(58)56-33-17-23-41-18-10-11-28-49(41)56/h1-40H. The molecule has 11 aromatic carbocycles. The molecular weight excluding hydrogens is 749 g/mol. The van der Waals surface area contributed by atoms with Crippen molar-refractivity contribution >= 4 is 71.2 Å². The van der Waals surface area contributed by atoms with Crippen LogP contribution in [0.4, 0.5) is 17.1 Å². The van der Waals surface area contributed by atoms with Crippen LogP contribution in [-0.4, -0.2) is 4.57 Å². The maximum Gasteiger partial charge on any atom is 0.0542 e. The van der Waals surface area contributed by atoms with Crippen LogP contribution in [0.2, 0.25) is 0 Å². The second-order valence-electron chi connectivity index (χ2n) is 16.1. The Balaban J connectivity index is 1.05. The van der Waals surface area contributed by atoms with Crippen molar-refractivity contribution in [3.8, 4) is 39.1 Å². The highest BCUT2D eigenvalue weighted by Gasteiger charge is 2.21. The Kier molecular flexibility index (Phi) is 8.53. The predicted molar refractivity (Wildman–Crippen MR) is 264 cm³/mol. The summed E-state index contributed by atoms with van der Waals surface area (Å²) in [5.74, 6) is 0. The molecular formula is C60H40N2. The summed E-state index contributed by atoms with van der Waals surface area (Å²) in [6.07, 6.45) is 0. The van der Waals surface area contributed by atoms with Crippen LogP contribution in [0.3, 0.4) is 0 Å². The van der Waals surface area contributed by atoms with Gasteiger partial charge in [-0.3, -0.25) is 0 Å². The van der Waals surface area contributed by atoms with E-state index in [2.05, 4.69) is 252 Å². The molecule has 1 heterocycles. The molecule has 0 saturated carbocycles. The van der Waals surface area contributed by atoms with Crippen molar-refractivity contribution in [3.05, 3.63) is 243 Å². The molecule has 2 heteroatoms. The van der Waals surface area contributed by atoms with Crippen molar-refractivity contribution in [1.82, 2.24) is 4.57 Å². The minimum absolute atomic E-state index is 1.10. The number of fused-ring (bicyclic) bond motifs is 7. The zero-order valence-corrected chi connectivity index (χ0v) is 34.0. The summed E-state index contributed by atoms with van der Waals surface area (Å²) in [7, 11) is 0. The monoisotopic (exact) mass is 788 g/mol. The number of aromatic nitrogens is 1. The molecule has 0 unspecified atom stereocenters. The van der Waals surface area contributed by atoms with Gasteiger partial charge in [0.25, 0.3) is 0 Å². The molecule has 0 N–H and O–H groups in total. The zero-order valence-electron chi connectivity index (χ0n) is 34.0. The average Bonchev–Trinajstić information content (AvgIpc) is 3.67. The van der Waals surface area contributed by atoms with Gasteiger partial charge in [0, 0.05) is 33.2 Å². The predicted octanol–water partition coefficient (Wildman–Crippen LogP) is 16.7. The fourth-order valence-corrected chi connectivity index (χ4v) is 9.79. The highest BCUT2D eigenvalue weighted by Crippen LogP contribution is 2.46. The summed E-state index contributed by atoms with van der Waals surface area (Å²) in [5, 5.41) is 9.92. The first-order chi connectivity index (χ1) is 30.8. The van der Waals surface area contributed by atoms with Crippen molar-refractivity contribution in [1.29, 1.82) is 0 Å². The van der Waals surface area contributed by atoms with Crippen molar-refractivity contribution in [2.75, 3.05) is 4.90 Å². The highest BCUT2D eigenvalue weighted by molar-refractivity contribution is 6.22. The second kappa shape index (κ2) is 14.8. The molecule has 0 aliphatic rings. The van der Waals surface area contributed by atoms with Gasteiger partial charge < -0.3 is 9.47 Å². The van der Waals surface area contributed by atoms with Gasteiger partial charge in [-0.2, -0.15) is 0 Å². The molecule has 0 saturated heterocycles. The Labute approximate surface area is 360 Å². The van der Waals surface area contributed by atoms with E-state index in [1.165, 1.54) is 87.6 Å². The van der Waals surface area contributed by atoms with Crippen LogP contribution < -0.4 is 4.90 Å². The lowest BCUT2D eigenvalue weighted by Crippen LogP contribution is -2.10. The Morgan fingerprint density at radius 1 is 0.258 bits per heavy atom. The van der Waals surface area contributed by atoms with E-state index in [0.717, 1.165) is 22.6 Å². The second-order valence-corrected chi connectivity index (χ2v) is 16.1. The maximum atomic E-state index is 2.43. The molecule has 0 fully saturated rings. The molecule has 2 nitrogen and oxygen atoms in total. The van der Waals surface area contributed by atoms with E-state index in [4.69, 9.17) is 0 Å². The van der Waals surface area contributed by atoms with Gasteiger partial charge in [0.15, 0.2) is 0 Å². The minimum Gasteiger partial charge on any atom is -0.310 e. The van der Waals surface area contributed by atoms with Crippen LogP contribution in [0.15, 0.2) is 243 Å². The first-order valence-electron chi connectivity index (χ1n) is 21.3. The molecule has 0 bridgehead atoms. The number of para-hydroxylation sites is 2. The van der Waals surface area contributed by atoms with Crippen molar-refractivity contribution in [3.63, 3.8) is 0 Å². The van der Waals surface area contributed by atoms with E-state index in [1.807, 2.05) is 0 Å². The molecule has 12 rings (SSSR count). The smallest absolute Gasteiger partial charge is 0.0542 e. The molecule has 0 aliphatic heterocycles. The Morgan fingerprint density at radius 3 is 1.55 bits per heavy atom. The molecule has 0 radical (unpaired) electrons. The van der Waals surface area contributed by atoms with Gasteiger partial charge >= 0.3 is 0 Å². The first kappa shape index (κ1) is 35.7. The van der Waals surface area contributed by atoms with E-state index in [0.29, 0.717) is 0 Å². The van der Waals surface area contributed by atoms with Gasteiger partial charge in [-0.05, 0) is 121 Å². The molecule has 0 amide bonds. The van der Waals surface area contributed by atoms with Gasteiger partial charge in [-0.1, -0.05) is 182 Å². The average molecular weight is 789 g/mol. The lowest BCUT2D eigenvalue weighted by atomic mass is 9.84. The van der Waals surface area contributed by atoms with Crippen molar-refractivity contribution in [2.45, 2.75) is 0 Å². The van der Waals surface area contributed by atoms with E-state index < -0.39 is 0 Å². The van der Waals surface area contributed by atoms with E-state index in [1.54, 1.807) is 0 Å². The Hall–Kier alpha value is -8.20.